The Morgan fingerprint density at radius 3 is 2.80 bits per heavy atom. The Bertz CT molecular complexity index is 483. The van der Waals surface area contributed by atoms with Gasteiger partial charge in [0.25, 0.3) is 0 Å². The molecular formula is C13H22ClN5O. The topological polar surface area (TPSA) is 71.8 Å². The molecule has 0 bridgehead atoms. The van der Waals surface area contributed by atoms with Crippen LogP contribution in [-0.2, 0) is 17.8 Å². The van der Waals surface area contributed by atoms with Gasteiger partial charge >= 0.3 is 0 Å². The van der Waals surface area contributed by atoms with Gasteiger partial charge in [0.05, 0.1) is 12.5 Å². The molecule has 3 heterocycles. The van der Waals surface area contributed by atoms with E-state index < -0.39 is 0 Å². The van der Waals surface area contributed by atoms with Crippen molar-refractivity contribution >= 4 is 18.3 Å². The predicted octanol–water partition coefficient (Wildman–Crippen LogP) is 0.474. The van der Waals surface area contributed by atoms with Gasteiger partial charge in [-0.25, -0.2) is 9.67 Å². The van der Waals surface area contributed by atoms with Crippen molar-refractivity contribution in [3.05, 3.63) is 11.6 Å². The highest BCUT2D eigenvalue weighted by atomic mass is 35.5. The lowest BCUT2D eigenvalue weighted by atomic mass is 10.0. The highest BCUT2D eigenvalue weighted by Crippen LogP contribution is 2.17. The number of hydrogen-bond donors (Lipinski definition) is 2. The second-order valence-corrected chi connectivity index (χ2v) is 5.82. The summed E-state index contributed by atoms with van der Waals surface area (Å²) in [6.45, 7) is 6.57. The van der Waals surface area contributed by atoms with Crippen molar-refractivity contribution < 1.29 is 4.79 Å². The van der Waals surface area contributed by atoms with Crippen LogP contribution in [-0.4, -0.2) is 39.8 Å². The van der Waals surface area contributed by atoms with Gasteiger partial charge in [0.15, 0.2) is 5.82 Å². The summed E-state index contributed by atoms with van der Waals surface area (Å²) >= 11 is 0. The van der Waals surface area contributed by atoms with Crippen molar-refractivity contribution in [2.75, 3.05) is 13.1 Å². The lowest BCUT2D eigenvalue weighted by molar-refractivity contribution is -0.127. The SMILES string of the molecule is CC(C)c1nc2n(n1)CC(NC(=O)C1CNC1)CC2.Cl. The normalized spacial score (nSPS) is 21.9. The molecule has 0 saturated carbocycles. The van der Waals surface area contributed by atoms with Crippen molar-refractivity contribution in [1.29, 1.82) is 0 Å². The third-order valence-corrected chi connectivity index (χ3v) is 3.89. The van der Waals surface area contributed by atoms with Gasteiger partial charge in [-0.2, -0.15) is 5.10 Å². The number of amides is 1. The van der Waals surface area contributed by atoms with E-state index >= 15 is 0 Å². The third-order valence-electron chi connectivity index (χ3n) is 3.89. The minimum atomic E-state index is 0. The monoisotopic (exact) mass is 299 g/mol. The van der Waals surface area contributed by atoms with Gasteiger partial charge in [0.1, 0.15) is 5.82 Å². The number of rotatable bonds is 3. The number of hydrogen-bond acceptors (Lipinski definition) is 4. The molecule has 1 aromatic rings. The summed E-state index contributed by atoms with van der Waals surface area (Å²) in [5.74, 6) is 2.65. The van der Waals surface area contributed by atoms with Crippen molar-refractivity contribution in [3.63, 3.8) is 0 Å². The number of fused-ring (bicyclic) bond motifs is 1. The first-order valence-corrected chi connectivity index (χ1v) is 7.08. The van der Waals surface area contributed by atoms with E-state index in [1.807, 2.05) is 4.68 Å². The highest BCUT2D eigenvalue weighted by molar-refractivity contribution is 5.85. The minimum absolute atomic E-state index is 0. The van der Waals surface area contributed by atoms with Crippen molar-refractivity contribution in [3.8, 4) is 0 Å². The standard InChI is InChI=1S/C13H21N5O.ClH/c1-8(2)12-16-11-4-3-10(7-18(11)17-12)15-13(19)9-5-14-6-9;/h8-10,14H,3-7H2,1-2H3,(H,15,19);1H. The van der Waals surface area contributed by atoms with Crippen molar-refractivity contribution in [2.45, 2.75) is 45.2 Å². The Morgan fingerprint density at radius 1 is 1.45 bits per heavy atom. The van der Waals surface area contributed by atoms with Gasteiger partial charge in [0.2, 0.25) is 5.91 Å². The van der Waals surface area contributed by atoms with Gasteiger partial charge in [0, 0.05) is 31.5 Å². The van der Waals surface area contributed by atoms with E-state index in [2.05, 4.69) is 34.6 Å². The molecule has 2 N–H and O–H groups in total. The van der Waals surface area contributed by atoms with Gasteiger partial charge in [-0.3, -0.25) is 4.79 Å². The molecule has 1 unspecified atom stereocenters. The largest absolute Gasteiger partial charge is 0.351 e. The first-order chi connectivity index (χ1) is 9.13. The number of halogens is 1. The molecule has 2 aliphatic heterocycles. The molecule has 20 heavy (non-hydrogen) atoms. The van der Waals surface area contributed by atoms with Crippen LogP contribution >= 0.6 is 12.4 Å². The molecule has 0 aromatic carbocycles. The summed E-state index contributed by atoms with van der Waals surface area (Å²) in [5.41, 5.74) is 0. The van der Waals surface area contributed by atoms with Crippen LogP contribution in [0.25, 0.3) is 0 Å². The first kappa shape index (κ1) is 15.3. The van der Waals surface area contributed by atoms with E-state index in [-0.39, 0.29) is 30.3 Å². The average molecular weight is 300 g/mol. The zero-order valence-electron chi connectivity index (χ0n) is 11.9. The van der Waals surface area contributed by atoms with E-state index in [4.69, 9.17) is 0 Å². The van der Waals surface area contributed by atoms with Crippen molar-refractivity contribution in [2.24, 2.45) is 5.92 Å². The quantitative estimate of drug-likeness (QED) is 0.851. The summed E-state index contributed by atoms with van der Waals surface area (Å²) in [6.07, 6.45) is 1.86. The van der Waals surface area contributed by atoms with Crippen LogP contribution in [0.5, 0.6) is 0 Å². The van der Waals surface area contributed by atoms with Gasteiger partial charge in [-0.1, -0.05) is 13.8 Å². The molecule has 0 aliphatic carbocycles. The molecular weight excluding hydrogens is 278 g/mol. The lowest BCUT2D eigenvalue weighted by Crippen LogP contribution is -2.53. The molecule has 1 aromatic heterocycles. The Kier molecular flexibility index (Phi) is 4.65. The number of nitrogens with one attached hydrogen (secondary N) is 2. The smallest absolute Gasteiger partial charge is 0.225 e. The second kappa shape index (κ2) is 6.10. The summed E-state index contributed by atoms with van der Waals surface area (Å²) in [7, 11) is 0. The summed E-state index contributed by atoms with van der Waals surface area (Å²) in [5, 5.41) is 10.8. The molecule has 112 valence electrons. The Labute approximate surface area is 125 Å². The number of aromatic nitrogens is 3. The highest BCUT2D eigenvalue weighted by Gasteiger charge is 2.29. The summed E-state index contributed by atoms with van der Waals surface area (Å²) < 4.78 is 1.96. The van der Waals surface area contributed by atoms with Crippen LogP contribution in [0.3, 0.4) is 0 Å². The molecule has 2 aliphatic rings. The fraction of sp³-hybridized carbons (Fsp3) is 0.769. The molecule has 7 heteroatoms. The zero-order valence-corrected chi connectivity index (χ0v) is 12.7. The maximum Gasteiger partial charge on any atom is 0.225 e. The zero-order chi connectivity index (χ0) is 13.4. The van der Waals surface area contributed by atoms with Gasteiger partial charge < -0.3 is 10.6 Å². The van der Waals surface area contributed by atoms with Crippen LogP contribution in [0.4, 0.5) is 0 Å². The molecule has 1 atom stereocenters. The molecule has 3 rings (SSSR count). The molecule has 6 nitrogen and oxygen atoms in total. The molecule has 1 amide bonds. The van der Waals surface area contributed by atoms with E-state index in [0.717, 1.165) is 44.1 Å². The predicted molar refractivity (Wildman–Crippen MR) is 78.0 cm³/mol. The Hall–Kier alpha value is -1.14. The van der Waals surface area contributed by atoms with E-state index in [0.29, 0.717) is 5.92 Å². The van der Waals surface area contributed by atoms with Crippen LogP contribution in [0.2, 0.25) is 0 Å². The average Bonchev–Trinajstić information content (AvgIpc) is 2.69. The van der Waals surface area contributed by atoms with Crippen LogP contribution in [0, 0.1) is 5.92 Å². The molecule has 0 radical (unpaired) electrons. The van der Waals surface area contributed by atoms with Crippen LogP contribution in [0.1, 0.15) is 37.8 Å². The fourth-order valence-corrected chi connectivity index (χ4v) is 2.48. The van der Waals surface area contributed by atoms with Crippen LogP contribution in [0.15, 0.2) is 0 Å². The van der Waals surface area contributed by atoms with Gasteiger partial charge in [-0.15, -0.1) is 12.4 Å². The molecule has 1 fully saturated rings. The van der Waals surface area contributed by atoms with E-state index in [1.165, 1.54) is 0 Å². The van der Waals surface area contributed by atoms with Crippen molar-refractivity contribution in [1.82, 2.24) is 25.4 Å². The minimum Gasteiger partial charge on any atom is -0.351 e. The number of nitrogens with zero attached hydrogens (tertiary/aromatic N) is 3. The Balaban J connectivity index is 0.00000147. The van der Waals surface area contributed by atoms with Crippen LogP contribution < -0.4 is 10.6 Å². The summed E-state index contributed by atoms with van der Waals surface area (Å²) in [4.78, 5) is 16.5. The van der Waals surface area contributed by atoms with E-state index in [9.17, 15) is 4.79 Å². The maximum absolute atomic E-state index is 11.9. The Morgan fingerprint density at radius 2 is 2.20 bits per heavy atom. The molecule has 0 spiro atoms. The van der Waals surface area contributed by atoms with Gasteiger partial charge in [-0.05, 0) is 6.42 Å². The number of carbonyl (C=O) groups is 1. The fourth-order valence-electron chi connectivity index (χ4n) is 2.48. The third kappa shape index (κ3) is 2.96. The number of aryl methyl sites for hydroxylation is 1. The molecule has 1 saturated heterocycles. The number of carbonyl (C=O) groups excluding carboxylic acids is 1. The summed E-state index contributed by atoms with van der Waals surface area (Å²) in [6, 6.07) is 0.197. The maximum atomic E-state index is 11.9. The second-order valence-electron chi connectivity index (χ2n) is 5.82. The van der Waals surface area contributed by atoms with E-state index in [1.54, 1.807) is 0 Å². The lowest BCUT2D eigenvalue weighted by Gasteiger charge is -2.30. The first-order valence-electron chi connectivity index (χ1n) is 7.08.